The van der Waals surface area contributed by atoms with E-state index >= 15 is 0 Å². The van der Waals surface area contributed by atoms with Gasteiger partial charge in [0.15, 0.2) is 0 Å². The molecule has 0 aliphatic carbocycles. The first-order valence-electron chi connectivity index (χ1n) is 17.9. The molecule has 0 radical (unpaired) electrons. The second-order valence-corrected chi connectivity index (χ2v) is 14.0. The van der Waals surface area contributed by atoms with Gasteiger partial charge in [-0.2, -0.15) is 0 Å². The summed E-state index contributed by atoms with van der Waals surface area (Å²) < 4.78 is 28.5. The Bertz CT molecular complexity index is 2050. The van der Waals surface area contributed by atoms with E-state index in [4.69, 9.17) is 23.7 Å². The lowest BCUT2D eigenvalue weighted by atomic mass is 9.84. The number of aliphatic hydroxyl groups excluding tert-OH is 8. The van der Waals surface area contributed by atoms with E-state index in [1.807, 2.05) is 0 Å². The topological polar surface area (TPSA) is 289 Å². The van der Waals surface area contributed by atoms with Crippen molar-refractivity contribution in [2.75, 3.05) is 13.2 Å². The second kappa shape index (κ2) is 16.4. The van der Waals surface area contributed by atoms with Crippen LogP contribution < -0.4 is 14.2 Å². The van der Waals surface area contributed by atoms with E-state index in [-0.39, 0.29) is 45.8 Å². The lowest BCUT2D eigenvalue weighted by molar-refractivity contribution is -0.277. The first-order chi connectivity index (χ1) is 27.3. The van der Waals surface area contributed by atoms with Crippen LogP contribution in [-0.2, 0) is 9.47 Å². The van der Waals surface area contributed by atoms with Crippen molar-refractivity contribution in [3.8, 4) is 40.2 Å². The predicted octanol–water partition coefficient (Wildman–Crippen LogP) is 0.302. The average Bonchev–Trinajstić information content (AvgIpc) is 3.57. The summed E-state index contributed by atoms with van der Waals surface area (Å²) in [6.45, 7) is -1.26. The van der Waals surface area contributed by atoms with Crippen molar-refractivity contribution in [3.05, 3.63) is 101 Å². The van der Waals surface area contributed by atoms with Gasteiger partial charge in [-0.05, 0) is 65.2 Å². The SMILES string of the molecule is OC[C@H]1O[C@@H](Oc2ccc(/C=C/c3cc(O)c4c(c3)O[C@H](c3ccc(O[C@@H]5O[C@H](CO)[C@@H](O)[C@H](O)[C@H]5O)cc3O)[C@H]4c3cc(O)cc(O)c3)cc2)[C@H](O)[C@@H](O)[C@@H]1O. The molecule has 3 aliphatic rings. The zero-order valence-electron chi connectivity index (χ0n) is 29.8. The van der Waals surface area contributed by atoms with Crippen molar-refractivity contribution in [3.63, 3.8) is 0 Å². The average molecular weight is 795 g/mol. The Kier molecular flexibility index (Phi) is 11.5. The van der Waals surface area contributed by atoms with Crippen molar-refractivity contribution < 1.29 is 85.0 Å². The number of ether oxygens (including phenoxy) is 5. The maximum Gasteiger partial charge on any atom is 0.229 e. The number of phenols is 4. The second-order valence-electron chi connectivity index (χ2n) is 14.0. The van der Waals surface area contributed by atoms with E-state index in [2.05, 4.69) is 0 Å². The molecule has 2 fully saturated rings. The third-order valence-electron chi connectivity index (χ3n) is 10.2. The van der Waals surface area contributed by atoms with Crippen LogP contribution in [0.4, 0.5) is 0 Å². The van der Waals surface area contributed by atoms with Crippen LogP contribution in [0.15, 0.2) is 72.8 Å². The van der Waals surface area contributed by atoms with E-state index in [0.29, 0.717) is 22.3 Å². The van der Waals surface area contributed by atoms with Crippen molar-refractivity contribution in [1.29, 1.82) is 0 Å². The molecule has 12 N–H and O–H groups in total. The number of aromatic hydroxyl groups is 4. The van der Waals surface area contributed by atoms with Gasteiger partial charge in [-0.15, -0.1) is 0 Å². The van der Waals surface area contributed by atoms with Gasteiger partial charge in [0.05, 0.1) is 19.1 Å². The summed E-state index contributed by atoms with van der Waals surface area (Å²) in [5.41, 5.74) is 2.07. The number of benzene rings is 4. The van der Waals surface area contributed by atoms with Crippen LogP contribution in [0.2, 0.25) is 0 Å². The Labute approximate surface area is 324 Å². The Morgan fingerprint density at radius 1 is 0.544 bits per heavy atom. The molecule has 4 aromatic carbocycles. The summed E-state index contributed by atoms with van der Waals surface area (Å²) in [4.78, 5) is 0. The third-order valence-corrected chi connectivity index (χ3v) is 10.2. The van der Waals surface area contributed by atoms with Crippen LogP contribution in [0.3, 0.4) is 0 Å². The van der Waals surface area contributed by atoms with Gasteiger partial charge in [0, 0.05) is 23.3 Å². The molecule has 0 spiro atoms. The van der Waals surface area contributed by atoms with Gasteiger partial charge in [0.2, 0.25) is 12.6 Å². The van der Waals surface area contributed by atoms with Gasteiger partial charge in [-0.3, -0.25) is 0 Å². The summed E-state index contributed by atoms with van der Waals surface area (Å²) >= 11 is 0. The largest absolute Gasteiger partial charge is 0.508 e. The van der Waals surface area contributed by atoms with Gasteiger partial charge in [0.25, 0.3) is 0 Å². The van der Waals surface area contributed by atoms with E-state index in [0.717, 1.165) is 6.07 Å². The molecular weight excluding hydrogens is 752 g/mol. The number of fused-ring (bicyclic) bond motifs is 1. The minimum atomic E-state index is -1.69. The molecule has 0 bridgehead atoms. The van der Waals surface area contributed by atoms with Crippen molar-refractivity contribution in [2.45, 2.75) is 73.4 Å². The summed E-state index contributed by atoms with van der Waals surface area (Å²) in [5.74, 6) is -1.41. The molecule has 12 atom stereocenters. The normalized spacial score (nSPS) is 31.2. The highest BCUT2D eigenvalue weighted by atomic mass is 16.7. The fourth-order valence-corrected chi connectivity index (χ4v) is 7.16. The molecule has 0 unspecified atom stereocenters. The van der Waals surface area contributed by atoms with Crippen LogP contribution in [0, 0.1) is 0 Å². The smallest absolute Gasteiger partial charge is 0.229 e. The molecule has 3 heterocycles. The highest BCUT2D eigenvalue weighted by Gasteiger charge is 2.46. The molecule has 7 rings (SSSR count). The number of phenolic OH excluding ortho intramolecular Hbond substituents is 4. The van der Waals surface area contributed by atoms with Crippen molar-refractivity contribution in [2.24, 2.45) is 0 Å². The Morgan fingerprint density at radius 2 is 1.09 bits per heavy atom. The molecule has 17 nitrogen and oxygen atoms in total. The van der Waals surface area contributed by atoms with Gasteiger partial charge in [-0.25, -0.2) is 0 Å². The molecule has 17 heteroatoms. The number of hydrogen-bond acceptors (Lipinski definition) is 17. The Balaban J connectivity index is 1.12. The summed E-state index contributed by atoms with van der Waals surface area (Å²) in [6, 6.07) is 17.7. The molecule has 57 heavy (non-hydrogen) atoms. The molecule has 304 valence electrons. The number of aliphatic hydroxyl groups is 8. The van der Waals surface area contributed by atoms with E-state index in [1.165, 1.54) is 36.4 Å². The van der Waals surface area contributed by atoms with Gasteiger partial charge in [-0.1, -0.05) is 24.3 Å². The van der Waals surface area contributed by atoms with Crippen molar-refractivity contribution in [1.82, 2.24) is 0 Å². The first-order valence-corrected chi connectivity index (χ1v) is 17.9. The molecule has 0 amide bonds. The molecule has 3 aliphatic heterocycles. The fraction of sp³-hybridized carbons (Fsp3) is 0.350. The first kappa shape index (κ1) is 40.0. The predicted molar refractivity (Wildman–Crippen MR) is 195 cm³/mol. The molecule has 0 aromatic heterocycles. The lowest BCUT2D eigenvalue weighted by Crippen LogP contribution is -2.60. The standard InChI is InChI=1S/C40H42O17/c41-15-28-32(47)34(49)36(51)39(56-28)53-22-5-3-17(4-6-22)1-2-18-9-26(46)31-27(10-18)55-38(30(31)19-11-20(43)13-21(44)12-19)24-8-7-23(14-25(24)45)54-40-37(52)35(50)33(48)29(16-42)57-40/h1-14,28-30,32-52H,15-16H2/b2-1+/t28-,29-,30+,32-,33-,34+,35+,36-,37-,38-,39-,40-/m1/s1. The van der Waals surface area contributed by atoms with E-state index in [9.17, 15) is 61.3 Å². The maximum absolute atomic E-state index is 11.4. The minimum absolute atomic E-state index is 0.00797. The molecular formula is C40H42O17. The zero-order chi connectivity index (χ0) is 40.7. The zero-order valence-corrected chi connectivity index (χ0v) is 29.8. The summed E-state index contributed by atoms with van der Waals surface area (Å²) in [6.07, 6.45) is -12.4. The summed E-state index contributed by atoms with van der Waals surface area (Å²) in [5, 5.41) is 123. The van der Waals surface area contributed by atoms with Crippen LogP contribution in [0.5, 0.6) is 40.2 Å². The van der Waals surface area contributed by atoms with E-state index in [1.54, 1.807) is 42.5 Å². The van der Waals surface area contributed by atoms with Crippen LogP contribution in [0.25, 0.3) is 12.2 Å². The lowest BCUT2D eigenvalue weighted by Gasteiger charge is -2.39. The van der Waals surface area contributed by atoms with Crippen LogP contribution >= 0.6 is 0 Å². The van der Waals surface area contributed by atoms with E-state index < -0.39 is 86.6 Å². The van der Waals surface area contributed by atoms with Crippen molar-refractivity contribution >= 4 is 12.2 Å². The minimum Gasteiger partial charge on any atom is -0.508 e. The van der Waals surface area contributed by atoms with Gasteiger partial charge >= 0.3 is 0 Å². The Morgan fingerprint density at radius 3 is 1.65 bits per heavy atom. The third kappa shape index (κ3) is 8.03. The molecule has 2 saturated heterocycles. The molecule has 4 aromatic rings. The highest BCUT2D eigenvalue weighted by Crippen LogP contribution is 2.55. The quantitative estimate of drug-likeness (QED) is 0.0962. The highest BCUT2D eigenvalue weighted by molar-refractivity contribution is 5.73. The monoisotopic (exact) mass is 794 g/mol. The van der Waals surface area contributed by atoms with Gasteiger partial charge in [0.1, 0.15) is 95.2 Å². The number of hydrogen-bond donors (Lipinski definition) is 12. The van der Waals surface area contributed by atoms with Crippen LogP contribution in [0.1, 0.15) is 39.8 Å². The summed E-state index contributed by atoms with van der Waals surface area (Å²) in [7, 11) is 0. The molecule has 0 saturated carbocycles. The maximum atomic E-state index is 11.4. The Hall–Kier alpha value is -5.18. The van der Waals surface area contributed by atoms with Crippen LogP contribution in [-0.4, -0.2) is 136 Å². The fourth-order valence-electron chi connectivity index (χ4n) is 7.16. The van der Waals surface area contributed by atoms with Gasteiger partial charge < -0.3 is 85.0 Å². The number of rotatable bonds is 10.